The van der Waals surface area contributed by atoms with Crippen LogP contribution in [0.5, 0.6) is 0 Å². The maximum absolute atomic E-state index is 13.6. The van der Waals surface area contributed by atoms with Crippen LogP contribution < -0.4 is 5.73 Å². The molecule has 2 heterocycles. The van der Waals surface area contributed by atoms with Gasteiger partial charge in [-0.1, -0.05) is 42.3 Å². The van der Waals surface area contributed by atoms with E-state index in [1.165, 1.54) is 0 Å². The second kappa shape index (κ2) is 9.04. The molecular formula is C28H30N2O5. The molecule has 1 saturated carbocycles. The molecule has 182 valence electrons. The van der Waals surface area contributed by atoms with Gasteiger partial charge in [-0.05, 0) is 63.1 Å². The summed E-state index contributed by atoms with van der Waals surface area (Å²) in [6.45, 7) is 1.97. The molecule has 0 bridgehead atoms. The number of ether oxygens (including phenoxy) is 2. The first kappa shape index (κ1) is 23.4. The Bertz CT molecular complexity index is 1220. The van der Waals surface area contributed by atoms with Crippen LogP contribution in [0.25, 0.3) is 0 Å². The number of nitrogens with zero attached hydrogens (tertiary/aromatic N) is 1. The summed E-state index contributed by atoms with van der Waals surface area (Å²) in [5.74, 6) is -1.07. The monoisotopic (exact) mass is 474 g/mol. The highest BCUT2D eigenvalue weighted by Crippen LogP contribution is 2.58. The normalized spacial score (nSPS) is 26.1. The van der Waals surface area contributed by atoms with E-state index in [1.54, 1.807) is 30.5 Å². The van der Waals surface area contributed by atoms with Gasteiger partial charge in [-0.3, -0.25) is 9.59 Å². The number of allylic oxidation sites excluding steroid dienone is 1. The summed E-state index contributed by atoms with van der Waals surface area (Å²) in [6.07, 6.45) is 9.59. The van der Waals surface area contributed by atoms with E-state index in [-0.39, 0.29) is 23.9 Å². The third-order valence-electron chi connectivity index (χ3n) is 7.46. The second-order valence-corrected chi connectivity index (χ2v) is 9.82. The minimum Gasteiger partial charge on any atom is -0.460 e. The number of carbonyl (C=O) groups is 3. The first-order valence-corrected chi connectivity index (χ1v) is 12.3. The first-order valence-electron chi connectivity index (χ1n) is 12.3. The molecule has 1 aliphatic heterocycles. The first-order chi connectivity index (χ1) is 16.9. The number of aryl methyl sites for hydroxylation is 1. The lowest BCUT2D eigenvalue weighted by atomic mass is 9.72. The lowest BCUT2D eigenvalue weighted by Gasteiger charge is -2.27. The number of nitrogens with two attached hydrogens (primary N) is 1. The Morgan fingerprint density at radius 2 is 1.86 bits per heavy atom. The van der Waals surface area contributed by atoms with Crippen LogP contribution in [0, 0.1) is 0 Å². The summed E-state index contributed by atoms with van der Waals surface area (Å²) in [6, 6.07) is 10.4. The number of benzene rings is 1. The van der Waals surface area contributed by atoms with Crippen LogP contribution in [0.3, 0.4) is 0 Å². The Balaban J connectivity index is 1.40. The molecule has 3 aliphatic rings. The highest BCUT2D eigenvalue weighted by atomic mass is 16.7. The smallest absolute Gasteiger partial charge is 0.350 e. The summed E-state index contributed by atoms with van der Waals surface area (Å²) in [5.41, 5.74) is 4.94. The molecule has 2 aliphatic carbocycles. The number of aromatic nitrogens is 1. The number of fused-ring (bicyclic) bond motifs is 2. The van der Waals surface area contributed by atoms with Crippen molar-refractivity contribution in [2.24, 2.45) is 0 Å². The summed E-state index contributed by atoms with van der Waals surface area (Å²) in [5, 5.41) is 0. The summed E-state index contributed by atoms with van der Waals surface area (Å²) in [4.78, 5) is 44.6. The maximum atomic E-state index is 13.6. The molecule has 2 aromatic rings. The number of pyridine rings is 1. The number of hydrogen-bond acceptors (Lipinski definition) is 7. The highest BCUT2D eigenvalue weighted by molar-refractivity contribution is 6.32. The molecule has 1 saturated heterocycles. The Labute approximate surface area is 204 Å². The standard InChI is InChI=1S/C28H30N2O5/c1-18(11-12-19-14-16-30-23(29)17-19)13-15-27-24(31)21-9-5-6-10-22(21)25(32)28(27,35-27)26(33)34-20-7-3-2-4-8-20/h5-6,9-10,13-14,16-17,20H,2-4,7-8,11-12,15H2,1H3,(H2,29,30)/b18-13+/t27-,28-/m0/s1. The highest BCUT2D eigenvalue weighted by Gasteiger charge is 2.85. The van der Waals surface area contributed by atoms with Crippen LogP contribution >= 0.6 is 0 Å². The predicted molar refractivity (Wildman–Crippen MR) is 130 cm³/mol. The van der Waals surface area contributed by atoms with Crippen LogP contribution in [-0.2, 0) is 20.7 Å². The van der Waals surface area contributed by atoms with Gasteiger partial charge in [0, 0.05) is 23.7 Å². The molecule has 7 nitrogen and oxygen atoms in total. The lowest BCUT2D eigenvalue weighted by Crippen LogP contribution is -2.51. The molecular weight excluding hydrogens is 444 g/mol. The van der Waals surface area contributed by atoms with Crippen LogP contribution in [0.1, 0.15) is 78.1 Å². The number of esters is 1. The van der Waals surface area contributed by atoms with Crippen molar-refractivity contribution in [3.05, 3.63) is 70.9 Å². The summed E-state index contributed by atoms with van der Waals surface area (Å²) in [7, 11) is 0. The Morgan fingerprint density at radius 3 is 2.57 bits per heavy atom. The molecule has 2 atom stereocenters. The van der Waals surface area contributed by atoms with Gasteiger partial charge in [0.25, 0.3) is 5.60 Å². The summed E-state index contributed by atoms with van der Waals surface area (Å²) >= 11 is 0. The fraction of sp³-hybridized carbons (Fsp3) is 0.429. The fourth-order valence-electron chi connectivity index (χ4n) is 5.36. The van der Waals surface area contributed by atoms with Crippen molar-refractivity contribution < 1.29 is 23.9 Å². The Morgan fingerprint density at radius 1 is 1.14 bits per heavy atom. The van der Waals surface area contributed by atoms with Gasteiger partial charge in [-0.2, -0.15) is 0 Å². The van der Waals surface area contributed by atoms with Gasteiger partial charge >= 0.3 is 5.97 Å². The minimum absolute atomic E-state index is 0.135. The Kier molecular flexibility index (Phi) is 6.05. The summed E-state index contributed by atoms with van der Waals surface area (Å²) < 4.78 is 11.7. The van der Waals surface area contributed by atoms with Crippen molar-refractivity contribution in [2.45, 2.75) is 75.6 Å². The quantitative estimate of drug-likeness (QED) is 0.274. The zero-order chi connectivity index (χ0) is 24.6. The van der Waals surface area contributed by atoms with E-state index in [0.29, 0.717) is 11.4 Å². The molecule has 2 N–H and O–H groups in total. The molecule has 2 fully saturated rings. The number of nitrogen functional groups attached to an aromatic ring is 1. The van der Waals surface area contributed by atoms with E-state index < -0.39 is 23.0 Å². The molecule has 0 spiro atoms. The van der Waals surface area contributed by atoms with E-state index in [2.05, 4.69) is 4.98 Å². The zero-order valence-corrected chi connectivity index (χ0v) is 19.9. The number of carbonyl (C=O) groups excluding carboxylic acids is 3. The van der Waals surface area contributed by atoms with E-state index in [4.69, 9.17) is 15.2 Å². The number of Topliss-reactive ketones (excluding diaryl/α,β-unsaturated/α-hetero) is 2. The SMILES string of the molecule is C/C(=C\C[C@@]12O[C@]1(C(=O)OC1CCCCC1)C(=O)c1ccccc1C2=O)CCc1ccnc(N)c1. The third kappa shape index (κ3) is 3.97. The van der Waals surface area contributed by atoms with Gasteiger partial charge in [-0.15, -0.1) is 0 Å². The second-order valence-electron chi connectivity index (χ2n) is 9.82. The van der Waals surface area contributed by atoms with E-state index in [0.717, 1.165) is 56.1 Å². The number of ketones is 2. The molecule has 0 unspecified atom stereocenters. The van der Waals surface area contributed by atoms with Crippen molar-refractivity contribution in [1.29, 1.82) is 0 Å². The number of rotatable bonds is 7. The van der Waals surface area contributed by atoms with Crippen LogP contribution in [-0.4, -0.2) is 39.8 Å². The van der Waals surface area contributed by atoms with Gasteiger partial charge in [0.05, 0.1) is 0 Å². The number of epoxide rings is 1. The average molecular weight is 475 g/mol. The van der Waals surface area contributed by atoms with E-state index >= 15 is 0 Å². The topological polar surface area (TPSA) is 112 Å². The van der Waals surface area contributed by atoms with Crippen LogP contribution in [0.4, 0.5) is 5.82 Å². The van der Waals surface area contributed by atoms with Gasteiger partial charge in [0.15, 0.2) is 11.4 Å². The van der Waals surface area contributed by atoms with Gasteiger partial charge < -0.3 is 15.2 Å². The van der Waals surface area contributed by atoms with Gasteiger partial charge in [0.2, 0.25) is 5.78 Å². The van der Waals surface area contributed by atoms with Gasteiger partial charge in [0.1, 0.15) is 11.9 Å². The predicted octanol–water partition coefficient (Wildman–Crippen LogP) is 4.40. The lowest BCUT2D eigenvalue weighted by molar-refractivity contribution is -0.155. The van der Waals surface area contributed by atoms with Crippen molar-refractivity contribution in [3.63, 3.8) is 0 Å². The number of hydrogen-bond donors (Lipinski definition) is 1. The van der Waals surface area contributed by atoms with Crippen molar-refractivity contribution in [3.8, 4) is 0 Å². The average Bonchev–Trinajstić information content (AvgIpc) is 3.58. The molecule has 0 amide bonds. The van der Waals surface area contributed by atoms with Crippen molar-refractivity contribution in [1.82, 2.24) is 4.98 Å². The van der Waals surface area contributed by atoms with E-state index in [9.17, 15) is 14.4 Å². The fourth-order valence-corrected chi connectivity index (χ4v) is 5.36. The van der Waals surface area contributed by atoms with Crippen molar-refractivity contribution in [2.75, 3.05) is 5.73 Å². The molecule has 1 aromatic heterocycles. The van der Waals surface area contributed by atoms with Crippen LogP contribution in [0.15, 0.2) is 54.2 Å². The number of anilines is 1. The van der Waals surface area contributed by atoms with Crippen molar-refractivity contribution >= 4 is 23.4 Å². The van der Waals surface area contributed by atoms with E-state index in [1.807, 2.05) is 25.1 Å². The van der Waals surface area contributed by atoms with Gasteiger partial charge in [-0.25, -0.2) is 9.78 Å². The molecule has 7 heteroatoms. The third-order valence-corrected chi connectivity index (χ3v) is 7.46. The largest absolute Gasteiger partial charge is 0.460 e. The molecule has 0 radical (unpaired) electrons. The minimum atomic E-state index is -1.90. The van der Waals surface area contributed by atoms with Crippen LogP contribution in [0.2, 0.25) is 0 Å². The molecule has 35 heavy (non-hydrogen) atoms. The molecule has 1 aromatic carbocycles. The Hall–Kier alpha value is -3.32. The zero-order valence-electron chi connectivity index (χ0n) is 19.9. The maximum Gasteiger partial charge on any atom is 0.350 e. The molecule has 5 rings (SSSR count).